The van der Waals surface area contributed by atoms with Gasteiger partial charge in [0.15, 0.2) is 0 Å². The van der Waals surface area contributed by atoms with E-state index in [1.54, 1.807) is 18.2 Å². The number of carbonyl (C=O) groups is 2. The molecule has 0 spiro atoms. The van der Waals surface area contributed by atoms with Gasteiger partial charge in [-0.1, -0.05) is 26.7 Å². The smallest absolute Gasteiger partial charge is 0.336 e. The fourth-order valence-electron chi connectivity index (χ4n) is 4.93. The summed E-state index contributed by atoms with van der Waals surface area (Å²) in [5, 5.41) is 0.683. The van der Waals surface area contributed by atoms with Crippen LogP contribution < -0.4 is 10.4 Å². The Kier molecular flexibility index (Phi) is 6.03. The number of hydrogen-bond donors (Lipinski definition) is 0. The number of carbonyl (C=O) groups excluding carboxylic acids is 2. The van der Waals surface area contributed by atoms with Crippen molar-refractivity contribution < 1.29 is 23.5 Å². The Balaban J connectivity index is 1.44. The molecule has 1 saturated heterocycles. The molecular weight excluding hydrogens is 398 g/mol. The highest BCUT2D eigenvalue weighted by Crippen LogP contribution is 2.36. The third-order valence-electron chi connectivity index (χ3n) is 6.96. The Morgan fingerprint density at radius 1 is 1.19 bits per heavy atom. The number of ether oxygens (including phenoxy) is 2. The lowest BCUT2D eigenvalue weighted by Gasteiger charge is -2.39. The van der Waals surface area contributed by atoms with Crippen LogP contribution in [0.3, 0.4) is 0 Å². The lowest BCUT2D eigenvalue weighted by atomic mass is 9.77. The zero-order valence-corrected chi connectivity index (χ0v) is 18.3. The van der Waals surface area contributed by atoms with Gasteiger partial charge in [0.2, 0.25) is 5.91 Å². The van der Waals surface area contributed by atoms with Crippen molar-refractivity contribution in [2.75, 3.05) is 13.7 Å². The van der Waals surface area contributed by atoms with E-state index in [0.29, 0.717) is 40.7 Å². The first-order valence-electron chi connectivity index (χ1n) is 10.9. The van der Waals surface area contributed by atoms with E-state index in [1.807, 2.05) is 4.90 Å². The average Bonchev–Trinajstić information content (AvgIpc) is 3.14. The number of benzene rings is 1. The van der Waals surface area contributed by atoms with Gasteiger partial charge in [-0.2, -0.15) is 0 Å². The molecule has 0 bridgehead atoms. The molecule has 1 saturated carbocycles. The number of likely N-dealkylation sites (tertiary alicyclic amines) is 1. The third kappa shape index (κ3) is 4.31. The van der Waals surface area contributed by atoms with Gasteiger partial charge >= 0.3 is 11.6 Å². The van der Waals surface area contributed by atoms with Gasteiger partial charge < -0.3 is 18.8 Å². The number of fused-ring (bicyclic) bond motifs is 1. The van der Waals surface area contributed by atoms with E-state index in [0.717, 1.165) is 12.8 Å². The molecule has 1 amide bonds. The maximum Gasteiger partial charge on any atom is 0.336 e. The van der Waals surface area contributed by atoms with Crippen molar-refractivity contribution in [2.45, 2.75) is 52.2 Å². The number of nitrogens with zero attached hydrogens (tertiary/aromatic N) is 1. The van der Waals surface area contributed by atoms with Gasteiger partial charge in [-0.25, -0.2) is 4.79 Å². The molecule has 0 unspecified atom stereocenters. The highest BCUT2D eigenvalue weighted by atomic mass is 16.5. The molecule has 2 aromatic rings. The molecule has 7 heteroatoms. The summed E-state index contributed by atoms with van der Waals surface area (Å²) in [7, 11) is 1.53. The molecule has 1 aromatic heterocycles. The zero-order valence-electron chi connectivity index (χ0n) is 18.3. The topological polar surface area (TPSA) is 86.0 Å². The summed E-state index contributed by atoms with van der Waals surface area (Å²) >= 11 is 0. The van der Waals surface area contributed by atoms with Gasteiger partial charge in [-0.3, -0.25) is 9.59 Å². The lowest BCUT2D eigenvalue weighted by Crippen LogP contribution is -2.45. The Bertz CT molecular complexity index is 1040. The van der Waals surface area contributed by atoms with Crippen molar-refractivity contribution in [3.8, 4) is 5.75 Å². The number of methoxy groups -OCH3 is 1. The van der Waals surface area contributed by atoms with Gasteiger partial charge in [0.25, 0.3) is 0 Å². The summed E-state index contributed by atoms with van der Waals surface area (Å²) in [5.74, 6) is 0.741. The van der Waals surface area contributed by atoms with Gasteiger partial charge in [0.05, 0.1) is 13.0 Å². The van der Waals surface area contributed by atoms with Gasteiger partial charge in [0.1, 0.15) is 17.9 Å². The van der Waals surface area contributed by atoms with Crippen LogP contribution in [0.25, 0.3) is 11.0 Å². The van der Waals surface area contributed by atoms with E-state index < -0.39 is 17.5 Å². The number of esters is 1. The number of amides is 1. The maximum atomic E-state index is 12.7. The molecule has 2 fully saturated rings. The van der Waals surface area contributed by atoms with Crippen LogP contribution >= 0.6 is 0 Å². The van der Waals surface area contributed by atoms with Crippen LogP contribution in [0.4, 0.5) is 0 Å². The molecule has 0 N–H and O–H groups in total. The standard InChI is InChI=1S/C24H29NO6/c1-14-5-4-6-20(15(14)2)25-12-16(9-22(25)26)24(28)30-13-17-10-23(27)31-21-11-18(29-3)7-8-19(17)21/h7-8,10-11,14-16,20H,4-6,9,12-13H2,1-3H3/t14-,15-,16+,20+/m0/s1. The van der Waals surface area contributed by atoms with Crippen molar-refractivity contribution >= 4 is 22.8 Å². The average molecular weight is 427 g/mol. The Hall–Kier alpha value is -2.83. The summed E-state index contributed by atoms with van der Waals surface area (Å²) in [4.78, 5) is 39.2. The number of rotatable bonds is 5. The molecule has 31 heavy (non-hydrogen) atoms. The van der Waals surface area contributed by atoms with Crippen LogP contribution in [0.15, 0.2) is 33.5 Å². The monoisotopic (exact) mass is 427 g/mol. The molecule has 2 aliphatic rings. The molecule has 1 aliphatic carbocycles. The van der Waals surface area contributed by atoms with Crippen molar-refractivity contribution in [1.29, 1.82) is 0 Å². The first kappa shape index (κ1) is 21.4. The van der Waals surface area contributed by atoms with Crippen LogP contribution in [-0.2, 0) is 20.9 Å². The molecule has 1 aliphatic heterocycles. The van der Waals surface area contributed by atoms with E-state index in [4.69, 9.17) is 13.9 Å². The van der Waals surface area contributed by atoms with Crippen molar-refractivity contribution in [1.82, 2.24) is 4.90 Å². The van der Waals surface area contributed by atoms with Gasteiger partial charge in [0, 0.05) is 42.1 Å². The second kappa shape index (κ2) is 8.73. The summed E-state index contributed by atoms with van der Waals surface area (Å²) in [6.45, 7) is 4.80. The summed E-state index contributed by atoms with van der Waals surface area (Å²) in [6.07, 6.45) is 3.49. The largest absolute Gasteiger partial charge is 0.497 e. The predicted octanol–water partition coefficient (Wildman–Crippen LogP) is 3.52. The predicted molar refractivity (Wildman–Crippen MR) is 115 cm³/mol. The molecule has 4 atom stereocenters. The highest BCUT2D eigenvalue weighted by Gasteiger charge is 2.42. The van der Waals surface area contributed by atoms with Crippen molar-refractivity contribution in [3.63, 3.8) is 0 Å². The second-order valence-electron chi connectivity index (χ2n) is 8.84. The molecule has 0 radical (unpaired) electrons. The first-order chi connectivity index (χ1) is 14.9. The Morgan fingerprint density at radius 2 is 2.00 bits per heavy atom. The maximum absolute atomic E-state index is 12.7. The van der Waals surface area contributed by atoms with E-state index in [9.17, 15) is 14.4 Å². The minimum absolute atomic E-state index is 0.0331. The second-order valence-corrected chi connectivity index (χ2v) is 8.84. The third-order valence-corrected chi connectivity index (χ3v) is 6.96. The van der Waals surface area contributed by atoms with Crippen molar-refractivity contribution in [2.24, 2.45) is 17.8 Å². The normalized spacial score (nSPS) is 26.3. The minimum atomic E-state index is -0.519. The first-order valence-corrected chi connectivity index (χ1v) is 10.9. The lowest BCUT2D eigenvalue weighted by molar-refractivity contribution is -0.149. The highest BCUT2D eigenvalue weighted by molar-refractivity contribution is 5.87. The van der Waals surface area contributed by atoms with Gasteiger partial charge in [-0.05, 0) is 30.4 Å². The van der Waals surface area contributed by atoms with Gasteiger partial charge in [-0.15, -0.1) is 0 Å². The fraction of sp³-hybridized carbons (Fsp3) is 0.542. The Morgan fingerprint density at radius 3 is 2.77 bits per heavy atom. The van der Waals surface area contributed by atoms with Crippen LogP contribution in [0.2, 0.25) is 0 Å². The quantitative estimate of drug-likeness (QED) is 0.536. The molecule has 166 valence electrons. The molecule has 1 aromatic carbocycles. The van der Waals surface area contributed by atoms with Crippen LogP contribution in [0, 0.1) is 17.8 Å². The van der Waals surface area contributed by atoms with Crippen molar-refractivity contribution in [3.05, 3.63) is 40.2 Å². The molecular formula is C24H29NO6. The number of hydrogen-bond acceptors (Lipinski definition) is 6. The van der Waals surface area contributed by atoms with Crippen LogP contribution in [-0.4, -0.2) is 36.5 Å². The summed E-state index contributed by atoms with van der Waals surface area (Å²) < 4.78 is 15.9. The zero-order chi connectivity index (χ0) is 22.1. The fourth-order valence-corrected chi connectivity index (χ4v) is 4.93. The molecule has 4 rings (SSSR count). The molecule has 7 nitrogen and oxygen atoms in total. The van der Waals surface area contributed by atoms with Crippen LogP contribution in [0.1, 0.15) is 45.1 Å². The van der Waals surface area contributed by atoms with E-state index in [1.165, 1.54) is 19.6 Å². The summed E-state index contributed by atoms with van der Waals surface area (Å²) in [5.41, 5.74) is 0.424. The van der Waals surface area contributed by atoms with E-state index >= 15 is 0 Å². The van der Waals surface area contributed by atoms with E-state index in [2.05, 4.69) is 13.8 Å². The summed E-state index contributed by atoms with van der Waals surface area (Å²) in [6, 6.07) is 6.69. The van der Waals surface area contributed by atoms with E-state index in [-0.39, 0.29) is 25.0 Å². The Labute approximate surface area is 181 Å². The minimum Gasteiger partial charge on any atom is -0.497 e. The molecule has 2 heterocycles. The van der Waals surface area contributed by atoms with Crippen LogP contribution in [0.5, 0.6) is 5.75 Å². The SMILES string of the molecule is COc1ccc2c(COC(=O)[C@@H]3CC(=O)N([C@@H]4CCC[C@H](C)[C@@H]4C)C3)cc(=O)oc2c1.